The fourth-order valence-corrected chi connectivity index (χ4v) is 5.29. The van der Waals surface area contributed by atoms with Gasteiger partial charge in [0, 0.05) is 55.4 Å². The van der Waals surface area contributed by atoms with Crippen molar-refractivity contribution >= 4 is 39.7 Å². The van der Waals surface area contributed by atoms with Gasteiger partial charge in [-0.05, 0) is 41.6 Å². The zero-order valence-electron chi connectivity index (χ0n) is 19.2. The number of para-hydroxylation sites is 2. The van der Waals surface area contributed by atoms with Gasteiger partial charge in [0.15, 0.2) is 0 Å². The number of aryl methyl sites for hydroxylation is 1. The van der Waals surface area contributed by atoms with Gasteiger partial charge in [0.25, 0.3) is 5.91 Å². The number of thiophene rings is 1. The van der Waals surface area contributed by atoms with Crippen LogP contribution in [0.4, 0.5) is 5.69 Å². The van der Waals surface area contributed by atoms with E-state index in [4.69, 9.17) is 0 Å². The second kappa shape index (κ2) is 9.73. The van der Waals surface area contributed by atoms with E-state index in [2.05, 4.69) is 40.3 Å². The van der Waals surface area contributed by atoms with E-state index in [0.717, 1.165) is 29.6 Å². The van der Waals surface area contributed by atoms with Crippen LogP contribution in [0.3, 0.4) is 0 Å². The number of carbonyl (C=O) groups excluding carboxylic acids is 2. The highest BCUT2D eigenvalue weighted by molar-refractivity contribution is 7.12. The first kappa shape index (κ1) is 22.2. The molecule has 1 aliphatic heterocycles. The number of aromatic nitrogens is 1. The molecule has 4 aromatic rings. The zero-order chi connectivity index (χ0) is 23.5. The van der Waals surface area contributed by atoms with Crippen molar-refractivity contribution in [2.24, 2.45) is 0 Å². The van der Waals surface area contributed by atoms with E-state index >= 15 is 0 Å². The summed E-state index contributed by atoms with van der Waals surface area (Å²) in [6.07, 6.45) is 2.39. The van der Waals surface area contributed by atoms with Crippen LogP contribution >= 0.6 is 11.3 Å². The summed E-state index contributed by atoms with van der Waals surface area (Å²) in [5, 5.41) is 5.97. The number of benzene rings is 2. The van der Waals surface area contributed by atoms with Gasteiger partial charge in [-0.1, -0.05) is 42.5 Å². The molecular formula is C27H28N4O2S. The van der Waals surface area contributed by atoms with Crippen LogP contribution in [0.1, 0.15) is 20.8 Å². The highest BCUT2D eigenvalue weighted by atomic mass is 32.1. The number of rotatable bonds is 6. The molecule has 0 spiro atoms. The molecule has 34 heavy (non-hydrogen) atoms. The maximum atomic E-state index is 13.7. The monoisotopic (exact) mass is 472 g/mol. The summed E-state index contributed by atoms with van der Waals surface area (Å²) in [7, 11) is 0. The zero-order valence-corrected chi connectivity index (χ0v) is 20.0. The summed E-state index contributed by atoms with van der Waals surface area (Å²) in [4.78, 5) is 34.7. The fraction of sp³-hybridized carbons (Fsp3) is 0.259. The molecule has 6 nitrogen and oxygen atoms in total. The van der Waals surface area contributed by atoms with Crippen LogP contribution in [-0.2, 0) is 11.2 Å². The Bertz CT molecular complexity index is 1290. The minimum absolute atomic E-state index is 0.0281. The molecule has 0 unspecified atom stereocenters. The average Bonchev–Trinajstić information content (AvgIpc) is 3.55. The lowest BCUT2D eigenvalue weighted by atomic mass is 10.0. The summed E-state index contributed by atoms with van der Waals surface area (Å²) in [5.74, 6) is -0.230. The van der Waals surface area contributed by atoms with Gasteiger partial charge in [-0.25, -0.2) is 0 Å². The predicted octanol–water partition coefficient (Wildman–Crippen LogP) is 4.23. The largest absolute Gasteiger partial charge is 0.368 e. The Balaban J connectivity index is 1.33. The minimum atomic E-state index is -0.626. The number of amides is 2. The molecule has 2 aromatic heterocycles. The number of nitrogens with one attached hydrogen (secondary N) is 2. The van der Waals surface area contributed by atoms with E-state index < -0.39 is 6.04 Å². The molecule has 0 radical (unpaired) electrons. The van der Waals surface area contributed by atoms with E-state index in [1.807, 2.05) is 52.9 Å². The minimum Gasteiger partial charge on any atom is -0.368 e. The Labute approximate surface area is 203 Å². The average molecular weight is 473 g/mol. The van der Waals surface area contributed by atoms with Crippen LogP contribution in [-0.4, -0.2) is 53.9 Å². The van der Waals surface area contributed by atoms with Gasteiger partial charge in [0.2, 0.25) is 5.91 Å². The van der Waals surface area contributed by atoms with Gasteiger partial charge in [-0.3, -0.25) is 9.59 Å². The molecule has 1 atom stereocenters. The van der Waals surface area contributed by atoms with Gasteiger partial charge in [-0.2, -0.15) is 0 Å². The van der Waals surface area contributed by atoms with Crippen LogP contribution in [0.25, 0.3) is 10.9 Å². The van der Waals surface area contributed by atoms with Crippen molar-refractivity contribution in [2.75, 3.05) is 31.1 Å². The molecular weight excluding hydrogens is 444 g/mol. The van der Waals surface area contributed by atoms with Crippen molar-refractivity contribution in [1.29, 1.82) is 0 Å². The quantitative estimate of drug-likeness (QED) is 0.441. The Morgan fingerprint density at radius 1 is 1.00 bits per heavy atom. The van der Waals surface area contributed by atoms with E-state index in [-0.39, 0.29) is 11.8 Å². The lowest BCUT2D eigenvalue weighted by Gasteiger charge is -2.38. The van der Waals surface area contributed by atoms with Crippen molar-refractivity contribution in [3.05, 3.63) is 88.2 Å². The van der Waals surface area contributed by atoms with E-state index in [1.165, 1.54) is 22.6 Å². The van der Waals surface area contributed by atoms with Crippen LogP contribution < -0.4 is 10.2 Å². The number of hydrogen-bond acceptors (Lipinski definition) is 4. The van der Waals surface area contributed by atoms with Crippen LogP contribution in [0.2, 0.25) is 0 Å². The molecule has 7 heteroatoms. The third-order valence-corrected chi connectivity index (χ3v) is 7.36. The first-order chi connectivity index (χ1) is 16.6. The third kappa shape index (κ3) is 4.56. The highest BCUT2D eigenvalue weighted by Crippen LogP contribution is 2.23. The SMILES string of the molecule is Cc1ccccc1N1CCN(C(=O)[C@H](Cc2c[nH]c3ccccc23)NC(=O)c2cccs2)CC1. The van der Waals surface area contributed by atoms with E-state index in [9.17, 15) is 9.59 Å². The molecule has 0 bridgehead atoms. The summed E-state index contributed by atoms with van der Waals surface area (Å²) < 4.78 is 0. The predicted molar refractivity (Wildman–Crippen MR) is 138 cm³/mol. The molecule has 3 heterocycles. The molecule has 174 valence electrons. The summed E-state index contributed by atoms with van der Waals surface area (Å²) >= 11 is 1.38. The second-order valence-corrected chi connectivity index (χ2v) is 9.61. The maximum Gasteiger partial charge on any atom is 0.262 e. The van der Waals surface area contributed by atoms with Gasteiger partial charge < -0.3 is 20.1 Å². The van der Waals surface area contributed by atoms with Crippen molar-refractivity contribution in [3.63, 3.8) is 0 Å². The molecule has 1 aliphatic rings. The fourth-order valence-electron chi connectivity index (χ4n) is 4.66. The van der Waals surface area contributed by atoms with Crippen molar-refractivity contribution in [1.82, 2.24) is 15.2 Å². The molecule has 0 saturated carbocycles. The van der Waals surface area contributed by atoms with E-state index in [0.29, 0.717) is 24.4 Å². The van der Waals surface area contributed by atoms with Crippen molar-refractivity contribution in [3.8, 4) is 0 Å². The summed E-state index contributed by atoms with van der Waals surface area (Å²) in [5.41, 5.74) is 4.51. The smallest absolute Gasteiger partial charge is 0.262 e. The Hall–Kier alpha value is -3.58. The second-order valence-electron chi connectivity index (χ2n) is 8.67. The Kier molecular flexibility index (Phi) is 6.36. The lowest BCUT2D eigenvalue weighted by molar-refractivity contribution is -0.133. The number of carbonyl (C=O) groups is 2. The number of nitrogens with zero attached hydrogens (tertiary/aromatic N) is 2. The van der Waals surface area contributed by atoms with Crippen molar-refractivity contribution in [2.45, 2.75) is 19.4 Å². The van der Waals surface area contributed by atoms with Crippen LogP contribution in [0.15, 0.2) is 72.2 Å². The number of fused-ring (bicyclic) bond motifs is 1. The number of anilines is 1. The lowest BCUT2D eigenvalue weighted by Crippen LogP contribution is -2.55. The summed E-state index contributed by atoms with van der Waals surface area (Å²) in [6, 6.07) is 19.4. The van der Waals surface area contributed by atoms with Crippen LogP contribution in [0.5, 0.6) is 0 Å². The van der Waals surface area contributed by atoms with Crippen LogP contribution in [0, 0.1) is 6.92 Å². The van der Waals surface area contributed by atoms with Crippen molar-refractivity contribution < 1.29 is 9.59 Å². The van der Waals surface area contributed by atoms with Gasteiger partial charge >= 0.3 is 0 Å². The maximum absolute atomic E-state index is 13.7. The number of hydrogen-bond donors (Lipinski definition) is 2. The Morgan fingerprint density at radius 2 is 1.76 bits per heavy atom. The third-order valence-electron chi connectivity index (χ3n) is 6.49. The first-order valence-electron chi connectivity index (χ1n) is 11.6. The molecule has 5 rings (SSSR count). The Morgan fingerprint density at radius 3 is 2.53 bits per heavy atom. The molecule has 1 saturated heterocycles. The van der Waals surface area contributed by atoms with Gasteiger partial charge in [0.1, 0.15) is 6.04 Å². The standard InChI is InChI=1S/C27H28N4O2S/c1-19-7-2-5-10-24(19)30-12-14-31(15-13-30)27(33)23(29-26(32)25-11-6-16-34-25)17-20-18-28-22-9-4-3-8-21(20)22/h2-11,16,18,23,28H,12-15,17H2,1H3,(H,29,32)/t23-/m0/s1. The van der Waals surface area contributed by atoms with E-state index in [1.54, 1.807) is 6.07 Å². The molecule has 0 aliphatic carbocycles. The van der Waals surface area contributed by atoms with Gasteiger partial charge in [0.05, 0.1) is 4.88 Å². The normalized spacial score (nSPS) is 14.9. The molecule has 2 amide bonds. The van der Waals surface area contributed by atoms with Gasteiger partial charge in [-0.15, -0.1) is 11.3 Å². The number of piperazine rings is 1. The molecule has 2 N–H and O–H groups in total. The number of H-pyrrole nitrogens is 1. The number of aromatic amines is 1. The molecule has 2 aromatic carbocycles. The molecule has 1 fully saturated rings. The summed E-state index contributed by atoms with van der Waals surface area (Å²) in [6.45, 7) is 4.92. The highest BCUT2D eigenvalue weighted by Gasteiger charge is 2.30. The topological polar surface area (TPSA) is 68.4 Å². The first-order valence-corrected chi connectivity index (χ1v) is 12.5.